The van der Waals surface area contributed by atoms with Gasteiger partial charge in [0.2, 0.25) is 0 Å². The average Bonchev–Trinajstić information content (AvgIpc) is 3.60. The predicted octanol–water partition coefficient (Wildman–Crippen LogP) is 6.71. The van der Waals surface area contributed by atoms with Crippen molar-refractivity contribution in [3.05, 3.63) is 89.5 Å². The topological polar surface area (TPSA) is 61.6 Å². The number of piperidine rings is 1. The van der Waals surface area contributed by atoms with Crippen molar-refractivity contribution in [2.24, 2.45) is 17.8 Å². The van der Waals surface area contributed by atoms with Crippen LogP contribution in [0.5, 0.6) is 0 Å². The third kappa shape index (κ3) is 8.33. The quantitative estimate of drug-likeness (QED) is 0.285. The van der Waals surface area contributed by atoms with E-state index in [9.17, 15) is 14.3 Å². The molecule has 2 aromatic carbocycles. The molecule has 1 aromatic heterocycles. The second-order valence-corrected chi connectivity index (χ2v) is 12.9. The monoisotopic (exact) mass is 588 g/mol. The van der Waals surface area contributed by atoms with Gasteiger partial charge < -0.3 is 10.0 Å². The summed E-state index contributed by atoms with van der Waals surface area (Å²) in [5.74, 6) is 1.25. The SMILES string of the molecule is CCn1nc(Cc2ccccc2)cc1C1CCN(CC2CCN(C(C(=O)O)[C@@H](C)C3CCC3)C2)CC1.Fc1ccccc1. The Morgan fingerprint density at radius 1 is 0.977 bits per heavy atom. The Kier molecular flexibility index (Phi) is 11.0. The molecule has 3 aromatic rings. The van der Waals surface area contributed by atoms with Crippen molar-refractivity contribution in [1.82, 2.24) is 19.6 Å². The number of hydrogen-bond donors (Lipinski definition) is 1. The van der Waals surface area contributed by atoms with Crippen LogP contribution in [-0.2, 0) is 17.8 Å². The van der Waals surface area contributed by atoms with Gasteiger partial charge in [0.25, 0.3) is 0 Å². The van der Waals surface area contributed by atoms with E-state index in [1.54, 1.807) is 18.2 Å². The first-order valence-corrected chi connectivity index (χ1v) is 16.4. The molecule has 1 saturated carbocycles. The first kappa shape index (κ1) is 31.4. The molecule has 0 spiro atoms. The summed E-state index contributed by atoms with van der Waals surface area (Å²) in [7, 11) is 0. The van der Waals surface area contributed by atoms with E-state index in [2.05, 4.69) is 64.7 Å². The van der Waals surface area contributed by atoms with Gasteiger partial charge in [-0.3, -0.25) is 14.4 Å². The van der Waals surface area contributed by atoms with E-state index in [4.69, 9.17) is 5.10 Å². The zero-order chi connectivity index (χ0) is 30.2. The minimum absolute atomic E-state index is 0.178. The van der Waals surface area contributed by atoms with Gasteiger partial charge in [-0.2, -0.15) is 5.10 Å². The van der Waals surface area contributed by atoms with Gasteiger partial charge in [0.1, 0.15) is 11.9 Å². The molecular weight excluding hydrogens is 539 g/mol. The number of benzene rings is 2. The Hall–Kier alpha value is -3.03. The smallest absolute Gasteiger partial charge is 0.321 e. The van der Waals surface area contributed by atoms with Crippen molar-refractivity contribution in [3.8, 4) is 0 Å². The lowest BCUT2D eigenvalue weighted by Gasteiger charge is -2.38. The molecule has 3 fully saturated rings. The molecule has 0 radical (unpaired) electrons. The molecule has 6 rings (SSSR count). The molecule has 3 atom stereocenters. The van der Waals surface area contributed by atoms with Gasteiger partial charge >= 0.3 is 5.97 Å². The van der Waals surface area contributed by atoms with E-state index in [1.807, 2.05) is 0 Å². The zero-order valence-electron chi connectivity index (χ0n) is 26.0. The van der Waals surface area contributed by atoms with E-state index in [0.29, 0.717) is 17.8 Å². The number of aromatic nitrogens is 2. The number of aryl methyl sites for hydroxylation is 1. The van der Waals surface area contributed by atoms with Crippen LogP contribution in [0.3, 0.4) is 0 Å². The van der Waals surface area contributed by atoms with Crippen LogP contribution in [0.25, 0.3) is 0 Å². The van der Waals surface area contributed by atoms with Crippen molar-refractivity contribution in [2.75, 3.05) is 32.7 Å². The summed E-state index contributed by atoms with van der Waals surface area (Å²) in [6.45, 7) is 10.5. The maximum Gasteiger partial charge on any atom is 0.321 e. The van der Waals surface area contributed by atoms with Crippen LogP contribution in [-0.4, -0.2) is 69.4 Å². The number of rotatable bonds is 10. The van der Waals surface area contributed by atoms with Gasteiger partial charge in [0.15, 0.2) is 0 Å². The van der Waals surface area contributed by atoms with Crippen LogP contribution < -0.4 is 0 Å². The summed E-state index contributed by atoms with van der Waals surface area (Å²) in [6, 6.07) is 20.6. The van der Waals surface area contributed by atoms with Crippen LogP contribution >= 0.6 is 0 Å². The third-order valence-corrected chi connectivity index (χ3v) is 10.00. The molecule has 7 heteroatoms. The highest BCUT2D eigenvalue weighted by molar-refractivity contribution is 5.74. The summed E-state index contributed by atoms with van der Waals surface area (Å²) in [6.07, 6.45) is 8.09. The van der Waals surface area contributed by atoms with Crippen molar-refractivity contribution in [1.29, 1.82) is 0 Å². The van der Waals surface area contributed by atoms with Crippen molar-refractivity contribution < 1.29 is 14.3 Å². The third-order valence-electron chi connectivity index (χ3n) is 10.00. The molecule has 6 nitrogen and oxygen atoms in total. The highest BCUT2D eigenvalue weighted by Gasteiger charge is 2.40. The molecule has 0 amide bonds. The molecule has 2 saturated heterocycles. The number of carbonyl (C=O) groups is 1. The predicted molar refractivity (Wildman–Crippen MR) is 170 cm³/mol. The fourth-order valence-electron chi connectivity index (χ4n) is 7.35. The van der Waals surface area contributed by atoms with Crippen molar-refractivity contribution in [2.45, 2.75) is 77.3 Å². The minimum Gasteiger partial charge on any atom is -0.480 e. The maximum atomic E-state index is 12.1. The van der Waals surface area contributed by atoms with E-state index in [-0.39, 0.29) is 17.8 Å². The Morgan fingerprint density at radius 2 is 1.65 bits per heavy atom. The average molecular weight is 589 g/mol. The first-order chi connectivity index (χ1) is 20.9. The van der Waals surface area contributed by atoms with Crippen molar-refractivity contribution >= 4 is 5.97 Å². The van der Waals surface area contributed by atoms with Gasteiger partial charge in [0, 0.05) is 37.7 Å². The zero-order valence-corrected chi connectivity index (χ0v) is 26.0. The molecule has 232 valence electrons. The van der Waals surface area contributed by atoms with E-state index >= 15 is 0 Å². The summed E-state index contributed by atoms with van der Waals surface area (Å²) in [5, 5.41) is 14.9. The summed E-state index contributed by atoms with van der Waals surface area (Å²) >= 11 is 0. The van der Waals surface area contributed by atoms with E-state index in [0.717, 1.165) is 52.1 Å². The Labute approximate surface area is 256 Å². The Balaban J connectivity index is 0.000000463. The standard InChI is InChI=1S/C30H44N4O2.C6H5F/c1-3-34-28(19-27(31-34)18-23-8-5-4-6-9-23)26-13-15-32(16-14-26)20-24-12-17-33(21-24)29(30(35)36)22(2)25-10-7-11-25;7-6-4-2-1-3-5-6/h4-6,8-9,19,22,24-26,29H,3,7,10-18,20-21H2,1-2H3,(H,35,36);1-5H/t22-,24?,29?;/m0./s1. The number of likely N-dealkylation sites (tertiary alicyclic amines) is 2. The van der Waals surface area contributed by atoms with Crippen LogP contribution in [0.2, 0.25) is 0 Å². The fraction of sp³-hybridized carbons (Fsp3) is 0.556. The number of carboxylic acids is 1. The van der Waals surface area contributed by atoms with Crippen LogP contribution in [0.15, 0.2) is 66.7 Å². The summed E-state index contributed by atoms with van der Waals surface area (Å²) in [4.78, 5) is 17.1. The number of halogens is 1. The van der Waals surface area contributed by atoms with Crippen LogP contribution in [0.4, 0.5) is 4.39 Å². The fourth-order valence-corrected chi connectivity index (χ4v) is 7.35. The molecular formula is C36H49FN4O2. The second kappa shape index (κ2) is 15.1. The molecule has 2 unspecified atom stereocenters. The van der Waals surface area contributed by atoms with Gasteiger partial charge in [-0.1, -0.05) is 74.7 Å². The van der Waals surface area contributed by atoms with E-state index in [1.165, 1.54) is 61.2 Å². The first-order valence-electron chi connectivity index (χ1n) is 16.4. The largest absolute Gasteiger partial charge is 0.480 e. The molecule has 1 N–H and O–H groups in total. The summed E-state index contributed by atoms with van der Waals surface area (Å²) < 4.78 is 14.1. The molecule has 1 aliphatic carbocycles. The lowest BCUT2D eigenvalue weighted by Crippen LogP contribution is -2.48. The molecule has 3 aliphatic rings. The number of aliphatic carboxylic acids is 1. The maximum absolute atomic E-state index is 12.1. The molecule has 3 heterocycles. The Bertz CT molecular complexity index is 1270. The van der Waals surface area contributed by atoms with Gasteiger partial charge in [-0.25, -0.2) is 4.39 Å². The minimum atomic E-state index is -0.616. The number of nitrogens with zero attached hydrogens (tertiary/aromatic N) is 4. The summed E-state index contributed by atoms with van der Waals surface area (Å²) in [5.41, 5.74) is 3.90. The number of hydrogen-bond acceptors (Lipinski definition) is 4. The van der Waals surface area contributed by atoms with Crippen LogP contribution in [0, 0.1) is 23.6 Å². The second-order valence-electron chi connectivity index (χ2n) is 12.9. The van der Waals surface area contributed by atoms with Gasteiger partial charge in [-0.15, -0.1) is 0 Å². The normalized spacial score (nSPS) is 21.5. The Morgan fingerprint density at radius 3 is 2.21 bits per heavy atom. The van der Waals surface area contributed by atoms with Gasteiger partial charge in [-0.05, 0) is 87.3 Å². The number of carboxylic acid groups (broad SMARTS) is 1. The lowest BCUT2D eigenvalue weighted by molar-refractivity contribution is -0.146. The van der Waals surface area contributed by atoms with Crippen LogP contribution in [0.1, 0.15) is 75.2 Å². The van der Waals surface area contributed by atoms with Gasteiger partial charge in [0.05, 0.1) is 5.69 Å². The highest BCUT2D eigenvalue weighted by Crippen LogP contribution is 2.38. The molecule has 2 aliphatic heterocycles. The lowest BCUT2D eigenvalue weighted by atomic mass is 9.73. The molecule has 43 heavy (non-hydrogen) atoms. The van der Waals surface area contributed by atoms with Crippen molar-refractivity contribution in [3.63, 3.8) is 0 Å². The van der Waals surface area contributed by atoms with E-state index < -0.39 is 5.97 Å². The highest BCUT2D eigenvalue weighted by atomic mass is 19.1. The molecule has 0 bridgehead atoms.